The maximum Gasteiger partial charge on any atom is 0.266 e. The maximum atomic E-state index is 13.1. The molecule has 2 heterocycles. The Labute approximate surface area is 129 Å². The van der Waals surface area contributed by atoms with Crippen LogP contribution in [0.4, 0.5) is 5.69 Å². The second kappa shape index (κ2) is 4.81. The van der Waals surface area contributed by atoms with Crippen molar-refractivity contribution in [2.24, 2.45) is 0 Å². The molecule has 0 fully saturated rings. The molecule has 22 heavy (non-hydrogen) atoms. The molecule has 4 rings (SSSR count). The minimum absolute atomic E-state index is 0.252. The van der Waals surface area contributed by atoms with Crippen LogP contribution < -0.4 is 4.31 Å². The summed E-state index contributed by atoms with van der Waals surface area (Å²) in [7, 11) is -3.63. The summed E-state index contributed by atoms with van der Waals surface area (Å²) in [5.41, 5.74) is 2.27. The number of rotatable bonds is 2. The Kier molecular flexibility index (Phi) is 2.90. The Morgan fingerprint density at radius 2 is 2.00 bits per heavy atom. The van der Waals surface area contributed by atoms with Crippen molar-refractivity contribution in [1.82, 2.24) is 4.98 Å². The van der Waals surface area contributed by atoms with Gasteiger partial charge in [0.1, 0.15) is 4.90 Å². The lowest BCUT2D eigenvalue weighted by atomic mass is 10.2. The first-order valence-corrected chi connectivity index (χ1v) is 8.47. The Hall–Kier alpha value is -2.40. The quantitative estimate of drug-likeness (QED) is 0.731. The molecule has 1 radical (unpaired) electrons. The number of sulfonamides is 1. The second-order valence-electron chi connectivity index (χ2n) is 5.21. The van der Waals surface area contributed by atoms with Gasteiger partial charge in [-0.2, -0.15) is 0 Å². The minimum atomic E-state index is -3.63. The number of fused-ring (bicyclic) bond motifs is 2. The normalized spacial score (nSPS) is 14.3. The summed E-state index contributed by atoms with van der Waals surface area (Å²) in [5.74, 6) is 0. The highest BCUT2D eigenvalue weighted by molar-refractivity contribution is 7.93. The fourth-order valence-corrected chi connectivity index (χ4v) is 4.56. The van der Waals surface area contributed by atoms with Crippen LogP contribution in [0.3, 0.4) is 0 Å². The van der Waals surface area contributed by atoms with E-state index in [2.05, 4.69) is 11.1 Å². The van der Waals surface area contributed by atoms with Crippen molar-refractivity contribution in [2.45, 2.75) is 11.3 Å². The van der Waals surface area contributed by atoms with E-state index < -0.39 is 10.0 Å². The van der Waals surface area contributed by atoms with Crippen LogP contribution in [0.15, 0.2) is 59.6 Å². The molecule has 109 valence electrons. The first kappa shape index (κ1) is 13.3. The molecule has 0 atom stereocenters. The smallest absolute Gasteiger partial charge is 0.266 e. The van der Waals surface area contributed by atoms with Gasteiger partial charge in [0.25, 0.3) is 10.0 Å². The number of pyridine rings is 1. The van der Waals surface area contributed by atoms with Crippen LogP contribution in [0.1, 0.15) is 5.56 Å². The molecule has 0 unspecified atom stereocenters. The van der Waals surface area contributed by atoms with Gasteiger partial charge >= 0.3 is 0 Å². The largest absolute Gasteiger partial charge is 0.266 e. The molecule has 3 aromatic rings. The number of benzene rings is 2. The third kappa shape index (κ3) is 1.89. The SMILES string of the molecule is O=S(=O)(c1cccc2cccnc12)N1CCc2cc[c]cc21. The minimum Gasteiger partial charge on any atom is -0.266 e. The van der Waals surface area contributed by atoms with Gasteiger partial charge in [0, 0.05) is 18.1 Å². The van der Waals surface area contributed by atoms with E-state index in [0.717, 1.165) is 23.1 Å². The second-order valence-corrected chi connectivity index (χ2v) is 7.04. The molecule has 5 heteroatoms. The summed E-state index contributed by atoms with van der Waals surface area (Å²) in [6, 6.07) is 17.3. The van der Waals surface area contributed by atoms with Crippen LogP contribution in [0.25, 0.3) is 10.9 Å². The zero-order chi connectivity index (χ0) is 15.2. The molecule has 2 aromatic carbocycles. The monoisotopic (exact) mass is 309 g/mol. The number of nitrogens with zero attached hydrogens (tertiary/aromatic N) is 2. The fourth-order valence-electron chi connectivity index (χ4n) is 2.89. The lowest BCUT2D eigenvalue weighted by molar-refractivity contribution is 0.593. The predicted molar refractivity (Wildman–Crippen MR) is 85.3 cm³/mol. The van der Waals surface area contributed by atoms with Crippen LogP contribution >= 0.6 is 0 Å². The van der Waals surface area contributed by atoms with Crippen LogP contribution in [-0.4, -0.2) is 19.9 Å². The van der Waals surface area contributed by atoms with E-state index in [1.165, 1.54) is 4.31 Å². The third-order valence-electron chi connectivity index (χ3n) is 3.95. The number of aromatic nitrogens is 1. The molecule has 0 amide bonds. The van der Waals surface area contributed by atoms with Crippen molar-refractivity contribution in [3.63, 3.8) is 0 Å². The Morgan fingerprint density at radius 3 is 2.91 bits per heavy atom. The van der Waals surface area contributed by atoms with Gasteiger partial charge in [-0.3, -0.25) is 9.29 Å². The van der Waals surface area contributed by atoms with Crippen LogP contribution in [0.5, 0.6) is 0 Å². The van der Waals surface area contributed by atoms with E-state index in [0.29, 0.717) is 12.1 Å². The molecule has 0 saturated heterocycles. The highest BCUT2D eigenvalue weighted by Gasteiger charge is 2.31. The molecule has 1 aliphatic heterocycles. The third-order valence-corrected chi connectivity index (χ3v) is 5.79. The highest BCUT2D eigenvalue weighted by atomic mass is 32.2. The highest BCUT2D eigenvalue weighted by Crippen LogP contribution is 2.34. The zero-order valence-corrected chi connectivity index (χ0v) is 12.5. The summed E-state index contributed by atoms with van der Waals surface area (Å²) in [4.78, 5) is 4.51. The molecule has 0 spiro atoms. The summed E-state index contributed by atoms with van der Waals surface area (Å²) < 4.78 is 27.6. The van der Waals surface area contributed by atoms with Crippen molar-refractivity contribution < 1.29 is 8.42 Å². The first-order chi connectivity index (χ1) is 10.7. The molecule has 1 aliphatic rings. The number of para-hydroxylation sites is 1. The average molecular weight is 309 g/mol. The van der Waals surface area contributed by atoms with Gasteiger partial charge in [0.2, 0.25) is 0 Å². The molecule has 0 N–H and O–H groups in total. The number of anilines is 1. The van der Waals surface area contributed by atoms with Gasteiger partial charge in [-0.25, -0.2) is 8.42 Å². The number of hydrogen-bond acceptors (Lipinski definition) is 3. The number of hydrogen-bond donors (Lipinski definition) is 0. The molecule has 1 aromatic heterocycles. The first-order valence-electron chi connectivity index (χ1n) is 7.03. The van der Waals surface area contributed by atoms with E-state index in [4.69, 9.17) is 0 Å². The lowest BCUT2D eigenvalue weighted by Crippen LogP contribution is -2.29. The van der Waals surface area contributed by atoms with Gasteiger partial charge in [-0.1, -0.05) is 30.3 Å². The van der Waals surface area contributed by atoms with E-state index >= 15 is 0 Å². The predicted octanol–water partition coefficient (Wildman–Crippen LogP) is 2.79. The van der Waals surface area contributed by atoms with Gasteiger partial charge < -0.3 is 0 Å². The van der Waals surface area contributed by atoms with Gasteiger partial charge in [-0.05, 0) is 36.2 Å². The Morgan fingerprint density at radius 1 is 1.14 bits per heavy atom. The lowest BCUT2D eigenvalue weighted by Gasteiger charge is -2.20. The van der Waals surface area contributed by atoms with E-state index in [1.807, 2.05) is 24.3 Å². The summed E-state index contributed by atoms with van der Waals surface area (Å²) >= 11 is 0. The summed E-state index contributed by atoms with van der Waals surface area (Å²) in [6.07, 6.45) is 2.34. The average Bonchev–Trinajstić information content (AvgIpc) is 2.99. The zero-order valence-electron chi connectivity index (χ0n) is 11.7. The Bertz CT molecular complexity index is 962. The molecule has 4 nitrogen and oxygen atoms in total. The Balaban J connectivity index is 1.92. The van der Waals surface area contributed by atoms with Gasteiger partial charge in [0.15, 0.2) is 0 Å². The molecule has 0 aliphatic carbocycles. The summed E-state index contributed by atoms with van der Waals surface area (Å²) in [6.45, 7) is 0.457. The van der Waals surface area contributed by atoms with Gasteiger partial charge in [0.05, 0.1) is 11.2 Å². The van der Waals surface area contributed by atoms with E-state index in [-0.39, 0.29) is 4.90 Å². The molecule has 0 saturated carbocycles. The van der Waals surface area contributed by atoms with Gasteiger partial charge in [-0.15, -0.1) is 0 Å². The van der Waals surface area contributed by atoms with Crippen LogP contribution in [0, 0.1) is 6.07 Å². The van der Waals surface area contributed by atoms with Crippen molar-refractivity contribution in [1.29, 1.82) is 0 Å². The van der Waals surface area contributed by atoms with Crippen LogP contribution in [0.2, 0.25) is 0 Å². The summed E-state index contributed by atoms with van der Waals surface area (Å²) in [5, 5.41) is 0.822. The van der Waals surface area contributed by atoms with Crippen LogP contribution in [-0.2, 0) is 16.4 Å². The van der Waals surface area contributed by atoms with Crippen molar-refractivity contribution in [3.8, 4) is 0 Å². The molecular weight excluding hydrogens is 296 g/mol. The topological polar surface area (TPSA) is 50.3 Å². The van der Waals surface area contributed by atoms with Crippen molar-refractivity contribution in [3.05, 3.63) is 66.4 Å². The van der Waals surface area contributed by atoms with Crippen molar-refractivity contribution >= 4 is 26.6 Å². The molecular formula is C17H13N2O2S. The standard InChI is InChI=1S/C17H13N2O2S/c20-22(21,19-12-10-13-5-1-2-8-15(13)19)16-9-3-6-14-7-4-11-18-17(14)16/h1,3-9,11H,10,12H2. The van der Waals surface area contributed by atoms with E-state index in [9.17, 15) is 8.42 Å². The molecule has 0 bridgehead atoms. The maximum absolute atomic E-state index is 13.1. The fraction of sp³-hybridized carbons (Fsp3) is 0.118. The van der Waals surface area contributed by atoms with E-state index in [1.54, 1.807) is 30.5 Å². The van der Waals surface area contributed by atoms with Crippen molar-refractivity contribution in [2.75, 3.05) is 10.8 Å².